The van der Waals surface area contributed by atoms with E-state index in [0.717, 1.165) is 46.9 Å². The van der Waals surface area contributed by atoms with Gasteiger partial charge in [-0.2, -0.15) is 16.9 Å². The van der Waals surface area contributed by atoms with Crippen molar-refractivity contribution in [1.29, 1.82) is 0 Å². The van der Waals surface area contributed by atoms with Crippen molar-refractivity contribution in [1.82, 2.24) is 5.01 Å². The first-order chi connectivity index (χ1) is 12.7. The van der Waals surface area contributed by atoms with Crippen LogP contribution in [0, 0.1) is 0 Å². The van der Waals surface area contributed by atoms with Crippen molar-refractivity contribution in [3.8, 4) is 17.2 Å². The Bertz CT molecular complexity index is 840. The molecule has 1 N–H and O–H groups in total. The molecule has 0 aliphatic carbocycles. The number of phenols is 1. The maximum absolute atomic E-state index is 10.2. The maximum Gasteiger partial charge on any atom is 0.188 e. The average molecular weight is 370 g/mol. The molecule has 2 unspecified atom stereocenters. The van der Waals surface area contributed by atoms with Gasteiger partial charge in [-0.25, -0.2) is 0 Å². The molecular weight excluding hydrogens is 348 g/mol. The number of nitrogens with zero attached hydrogens (tertiary/aromatic N) is 2. The molecule has 2 aromatic carbocycles. The fourth-order valence-corrected chi connectivity index (χ4v) is 4.04. The first kappa shape index (κ1) is 17.1. The number of benzene rings is 2. The predicted molar refractivity (Wildman–Crippen MR) is 104 cm³/mol. The fraction of sp³-hybridized carbons (Fsp3) is 0.350. The zero-order valence-corrected chi connectivity index (χ0v) is 15.7. The Kier molecular flexibility index (Phi) is 4.68. The second-order valence-electron chi connectivity index (χ2n) is 6.40. The number of hydrogen-bond acceptors (Lipinski definition) is 6. The van der Waals surface area contributed by atoms with Gasteiger partial charge in [-0.05, 0) is 30.2 Å². The van der Waals surface area contributed by atoms with Crippen molar-refractivity contribution in [3.63, 3.8) is 0 Å². The van der Waals surface area contributed by atoms with Crippen molar-refractivity contribution in [3.05, 3.63) is 53.6 Å². The van der Waals surface area contributed by atoms with Crippen LogP contribution in [0.1, 0.15) is 30.0 Å². The zero-order chi connectivity index (χ0) is 18.1. The summed E-state index contributed by atoms with van der Waals surface area (Å²) in [5.74, 6) is 2.82. The Balaban J connectivity index is 1.74. The third-order valence-electron chi connectivity index (χ3n) is 4.86. The van der Waals surface area contributed by atoms with E-state index >= 15 is 0 Å². The molecule has 0 saturated heterocycles. The average Bonchev–Trinajstić information content (AvgIpc) is 3.11. The third-order valence-corrected chi connectivity index (χ3v) is 5.51. The number of phenolic OH excluding ortho intramolecular Hbond substituents is 1. The number of hydrogen-bond donors (Lipinski definition) is 1. The summed E-state index contributed by atoms with van der Waals surface area (Å²) in [5.41, 5.74) is 2.76. The van der Waals surface area contributed by atoms with Crippen LogP contribution in [0.3, 0.4) is 0 Å². The van der Waals surface area contributed by atoms with Crippen molar-refractivity contribution >= 4 is 17.5 Å². The molecule has 26 heavy (non-hydrogen) atoms. The first-order valence-corrected chi connectivity index (χ1v) is 10.1. The smallest absolute Gasteiger partial charge is 0.188 e. The number of fused-ring (bicyclic) bond motifs is 3. The standard InChI is InChI=1S/C20H22N2O3S/c1-24-18-9-5-7-14-16-12-15(13-6-3-4-8-17(13)23)21-22(16)19(10-11-26-2)25-20(14)18/h3-9,16,19,23H,10-12H2,1-2H3. The topological polar surface area (TPSA) is 54.3 Å². The van der Waals surface area contributed by atoms with Gasteiger partial charge in [-0.3, -0.25) is 5.01 Å². The lowest BCUT2D eigenvalue weighted by atomic mass is 9.95. The van der Waals surface area contributed by atoms with E-state index in [-0.39, 0.29) is 18.0 Å². The molecule has 2 atom stereocenters. The highest BCUT2D eigenvalue weighted by Crippen LogP contribution is 2.47. The quantitative estimate of drug-likeness (QED) is 0.861. The Morgan fingerprint density at radius 2 is 2.12 bits per heavy atom. The summed E-state index contributed by atoms with van der Waals surface area (Å²) in [4.78, 5) is 0. The van der Waals surface area contributed by atoms with Gasteiger partial charge >= 0.3 is 0 Å². The van der Waals surface area contributed by atoms with Gasteiger partial charge < -0.3 is 14.6 Å². The van der Waals surface area contributed by atoms with Crippen LogP contribution < -0.4 is 9.47 Å². The number of ether oxygens (including phenoxy) is 2. The highest BCUT2D eigenvalue weighted by atomic mass is 32.2. The fourth-order valence-electron chi connectivity index (χ4n) is 3.61. The summed E-state index contributed by atoms with van der Waals surface area (Å²) < 4.78 is 11.8. The molecule has 2 aromatic rings. The van der Waals surface area contributed by atoms with Crippen molar-refractivity contribution < 1.29 is 14.6 Å². The van der Waals surface area contributed by atoms with Crippen molar-refractivity contribution in [2.24, 2.45) is 5.10 Å². The van der Waals surface area contributed by atoms with Crippen LogP contribution in [0.4, 0.5) is 0 Å². The minimum Gasteiger partial charge on any atom is -0.507 e. The normalized spacial score (nSPS) is 20.8. The van der Waals surface area contributed by atoms with E-state index in [9.17, 15) is 5.11 Å². The SMILES string of the molecule is COc1cccc2c1OC(CCSC)N1N=C(c3ccccc3O)CC21. The van der Waals surface area contributed by atoms with Gasteiger partial charge in [0.05, 0.1) is 18.9 Å². The summed E-state index contributed by atoms with van der Waals surface area (Å²) in [6, 6.07) is 13.4. The molecule has 0 saturated carbocycles. The lowest BCUT2D eigenvalue weighted by Crippen LogP contribution is -2.40. The molecule has 2 aliphatic rings. The van der Waals surface area contributed by atoms with Gasteiger partial charge in [0.15, 0.2) is 17.7 Å². The molecule has 4 rings (SSSR count). The van der Waals surface area contributed by atoms with Crippen molar-refractivity contribution in [2.45, 2.75) is 25.1 Å². The van der Waals surface area contributed by atoms with Gasteiger partial charge in [0.1, 0.15) is 5.75 Å². The predicted octanol–water partition coefficient (Wildman–Crippen LogP) is 4.02. The molecule has 136 valence electrons. The Morgan fingerprint density at radius 1 is 1.27 bits per heavy atom. The van der Waals surface area contributed by atoms with Crippen LogP contribution in [0.5, 0.6) is 17.2 Å². The molecule has 0 aromatic heterocycles. The second kappa shape index (κ2) is 7.11. The second-order valence-corrected chi connectivity index (χ2v) is 7.38. The van der Waals surface area contributed by atoms with E-state index in [2.05, 4.69) is 17.3 Å². The summed E-state index contributed by atoms with van der Waals surface area (Å²) in [6.07, 6.45) is 3.55. The van der Waals surface area contributed by atoms with Crippen LogP contribution in [-0.4, -0.2) is 41.2 Å². The number of methoxy groups -OCH3 is 1. The largest absolute Gasteiger partial charge is 0.507 e. The third kappa shape index (κ3) is 2.88. The number of aromatic hydroxyl groups is 1. The molecule has 5 nitrogen and oxygen atoms in total. The van der Waals surface area contributed by atoms with Crippen LogP contribution in [0.25, 0.3) is 0 Å². The zero-order valence-electron chi connectivity index (χ0n) is 14.9. The van der Waals surface area contributed by atoms with Gasteiger partial charge in [-0.15, -0.1) is 0 Å². The van der Waals surface area contributed by atoms with E-state index in [1.165, 1.54) is 0 Å². The Morgan fingerprint density at radius 3 is 2.88 bits per heavy atom. The maximum atomic E-state index is 10.2. The van der Waals surface area contributed by atoms with Crippen LogP contribution in [0.2, 0.25) is 0 Å². The lowest BCUT2D eigenvalue weighted by Gasteiger charge is -2.38. The van der Waals surface area contributed by atoms with Gasteiger partial charge in [-0.1, -0.05) is 24.3 Å². The number of rotatable bonds is 5. The molecule has 2 heterocycles. The van der Waals surface area contributed by atoms with Crippen LogP contribution in [0.15, 0.2) is 47.6 Å². The van der Waals surface area contributed by atoms with Crippen LogP contribution in [-0.2, 0) is 0 Å². The summed E-state index contributed by atoms with van der Waals surface area (Å²) in [6.45, 7) is 0. The van der Waals surface area contributed by atoms with Gasteiger partial charge in [0.25, 0.3) is 0 Å². The van der Waals surface area contributed by atoms with Crippen molar-refractivity contribution in [2.75, 3.05) is 19.1 Å². The molecule has 0 fully saturated rings. The van der Waals surface area contributed by atoms with E-state index < -0.39 is 0 Å². The molecule has 0 bridgehead atoms. The molecule has 0 spiro atoms. The monoisotopic (exact) mass is 370 g/mol. The van der Waals surface area contributed by atoms with E-state index in [4.69, 9.17) is 14.6 Å². The number of hydrazone groups is 1. The summed E-state index contributed by atoms with van der Waals surface area (Å²) in [7, 11) is 1.67. The minimum absolute atomic E-state index is 0.0929. The molecule has 0 amide bonds. The van der Waals surface area contributed by atoms with Gasteiger partial charge in [0.2, 0.25) is 0 Å². The van der Waals surface area contributed by atoms with Crippen LogP contribution >= 0.6 is 11.8 Å². The molecular formula is C20H22N2O3S. The van der Waals surface area contributed by atoms with E-state index in [1.807, 2.05) is 30.3 Å². The first-order valence-electron chi connectivity index (χ1n) is 8.69. The van der Waals surface area contributed by atoms with E-state index in [0.29, 0.717) is 0 Å². The molecule has 2 aliphatic heterocycles. The number of thioether (sulfide) groups is 1. The summed E-state index contributed by atoms with van der Waals surface area (Å²) >= 11 is 1.79. The highest BCUT2D eigenvalue weighted by molar-refractivity contribution is 7.98. The highest BCUT2D eigenvalue weighted by Gasteiger charge is 2.41. The molecule has 6 heteroatoms. The lowest BCUT2D eigenvalue weighted by molar-refractivity contribution is -0.0198. The molecule has 0 radical (unpaired) electrons. The number of para-hydroxylation sites is 2. The Hall–Kier alpha value is -2.34. The van der Waals surface area contributed by atoms with E-state index in [1.54, 1.807) is 24.9 Å². The summed E-state index contributed by atoms with van der Waals surface area (Å²) in [5, 5.41) is 17.1. The minimum atomic E-state index is -0.139. The Labute approximate surface area is 157 Å². The van der Waals surface area contributed by atoms with Gasteiger partial charge in [0, 0.05) is 24.0 Å².